The summed E-state index contributed by atoms with van der Waals surface area (Å²) in [4.78, 5) is 0. The summed E-state index contributed by atoms with van der Waals surface area (Å²) in [6.45, 7) is 0. The first-order valence-corrected chi connectivity index (χ1v) is 5.45. The minimum atomic E-state index is 0.641. The van der Waals surface area contributed by atoms with Gasteiger partial charge in [0.1, 0.15) is 0 Å². The van der Waals surface area contributed by atoms with Crippen LogP contribution in [0.1, 0.15) is 24.0 Å². The summed E-state index contributed by atoms with van der Waals surface area (Å²) >= 11 is 0. The molecule has 2 aliphatic rings. The van der Waals surface area contributed by atoms with E-state index in [0.717, 1.165) is 24.6 Å². The Labute approximate surface area is 84.5 Å². The number of nitrogens with one attached hydrogen (secondary N) is 1. The fourth-order valence-corrected chi connectivity index (χ4v) is 2.38. The zero-order valence-electron chi connectivity index (χ0n) is 8.29. The first-order valence-electron chi connectivity index (χ1n) is 5.45. The van der Waals surface area contributed by atoms with Crippen LogP contribution in [0.3, 0.4) is 0 Å². The Bertz CT molecular complexity index is 355. The molecule has 1 fully saturated rings. The van der Waals surface area contributed by atoms with Gasteiger partial charge in [-0.15, -0.1) is 0 Å². The number of benzene rings is 1. The Morgan fingerprint density at radius 2 is 2.00 bits per heavy atom. The Morgan fingerprint density at radius 3 is 2.71 bits per heavy atom. The fourth-order valence-electron chi connectivity index (χ4n) is 2.38. The Morgan fingerprint density at radius 1 is 1.14 bits per heavy atom. The van der Waals surface area contributed by atoms with Crippen LogP contribution in [0.5, 0.6) is 0 Å². The van der Waals surface area contributed by atoms with Crippen molar-refractivity contribution in [2.75, 3.05) is 5.73 Å². The maximum Gasteiger partial charge on any atom is 0.0349 e. The highest BCUT2D eigenvalue weighted by molar-refractivity contribution is 5.53. The third kappa shape index (κ3) is 1.40. The highest BCUT2D eigenvalue weighted by atomic mass is 15.0. The second kappa shape index (κ2) is 2.99. The molecule has 1 saturated carbocycles. The molecule has 0 heterocycles. The average molecular weight is 188 g/mol. The molecular weight excluding hydrogens is 172 g/mol. The standard InChI is InChI=1S/C12H16N2/c13-12-3-1-2-8-6-10(7-11(8)12)14-9-4-5-9/h1-3,9-10,14H,4-7,13H2. The first kappa shape index (κ1) is 8.30. The molecule has 0 amide bonds. The normalized spacial score (nSPS) is 25.0. The summed E-state index contributed by atoms with van der Waals surface area (Å²) in [7, 11) is 0. The molecule has 0 aliphatic heterocycles. The van der Waals surface area contributed by atoms with Crippen molar-refractivity contribution in [3.05, 3.63) is 29.3 Å². The number of anilines is 1. The maximum absolute atomic E-state index is 5.95. The van der Waals surface area contributed by atoms with Gasteiger partial charge in [0.05, 0.1) is 0 Å². The Balaban J connectivity index is 1.78. The van der Waals surface area contributed by atoms with Crippen LogP contribution in [-0.2, 0) is 12.8 Å². The SMILES string of the molecule is Nc1cccc2c1CC(NC1CC1)C2. The minimum Gasteiger partial charge on any atom is -0.398 e. The number of nitrogen functional groups attached to an aromatic ring is 1. The van der Waals surface area contributed by atoms with E-state index < -0.39 is 0 Å². The summed E-state index contributed by atoms with van der Waals surface area (Å²) in [5.41, 5.74) is 9.75. The predicted octanol–water partition coefficient (Wildman–Crippen LogP) is 1.49. The lowest BCUT2D eigenvalue weighted by molar-refractivity contribution is 0.530. The third-order valence-electron chi connectivity index (χ3n) is 3.27. The van der Waals surface area contributed by atoms with Crippen LogP contribution < -0.4 is 11.1 Å². The monoisotopic (exact) mass is 188 g/mol. The Hall–Kier alpha value is -1.02. The van der Waals surface area contributed by atoms with Gasteiger partial charge in [-0.05, 0) is 42.9 Å². The first-order chi connectivity index (χ1) is 6.83. The molecule has 14 heavy (non-hydrogen) atoms. The van der Waals surface area contributed by atoms with Crippen molar-refractivity contribution < 1.29 is 0 Å². The Kier molecular flexibility index (Phi) is 1.77. The molecule has 2 aliphatic carbocycles. The molecule has 1 unspecified atom stereocenters. The van der Waals surface area contributed by atoms with Crippen LogP contribution >= 0.6 is 0 Å². The molecule has 2 heteroatoms. The van der Waals surface area contributed by atoms with Crippen molar-refractivity contribution in [3.8, 4) is 0 Å². The molecule has 0 saturated heterocycles. The zero-order chi connectivity index (χ0) is 9.54. The van der Waals surface area contributed by atoms with Crippen LogP contribution in [0, 0.1) is 0 Å². The van der Waals surface area contributed by atoms with Crippen molar-refractivity contribution in [2.24, 2.45) is 0 Å². The molecule has 1 aromatic carbocycles. The van der Waals surface area contributed by atoms with Gasteiger partial charge in [-0.1, -0.05) is 12.1 Å². The van der Waals surface area contributed by atoms with E-state index in [1.165, 1.54) is 24.0 Å². The van der Waals surface area contributed by atoms with E-state index >= 15 is 0 Å². The second-order valence-corrected chi connectivity index (χ2v) is 4.53. The molecule has 0 radical (unpaired) electrons. The molecule has 2 nitrogen and oxygen atoms in total. The van der Waals surface area contributed by atoms with Gasteiger partial charge in [-0.2, -0.15) is 0 Å². The molecule has 0 spiro atoms. The molecule has 1 aromatic rings. The van der Waals surface area contributed by atoms with E-state index in [4.69, 9.17) is 5.73 Å². The molecule has 1 atom stereocenters. The topological polar surface area (TPSA) is 38.0 Å². The third-order valence-corrected chi connectivity index (χ3v) is 3.27. The minimum absolute atomic E-state index is 0.641. The predicted molar refractivity (Wildman–Crippen MR) is 58.2 cm³/mol. The fraction of sp³-hybridized carbons (Fsp3) is 0.500. The van der Waals surface area contributed by atoms with Crippen LogP contribution in [0.2, 0.25) is 0 Å². The summed E-state index contributed by atoms with van der Waals surface area (Å²) in [5, 5.41) is 3.67. The lowest BCUT2D eigenvalue weighted by atomic mass is 10.1. The summed E-state index contributed by atoms with van der Waals surface area (Å²) < 4.78 is 0. The lowest BCUT2D eigenvalue weighted by Crippen LogP contribution is -2.31. The highest BCUT2D eigenvalue weighted by Gasteiger charge is 2.29. The smallest absolute Gasteiger partial charge is 0.0349 e. The number of fused-ring (bicyclic) bond motifs is 1. The molecular formula is C12H16N2. The number of rotatable bonds is 2. The van der Waals surface area contributed by atoms with Crippen LogP contribution in [-0.4, -0.2) is 12.1 Å². The maximum atomic E-state index is 5.95. The lowest BCUT2D eigenvalue weighted by Gasteiger charge is -2.09. The number of hydrogen-bond donors (Lipinski definition) is 2. The van der Waals surface area contributed by atoms with Gasteiger partial charge in [-0.3, -0.25) is 0 Å². The second-order valence-electron chi connectivity index (χ2n) is 4.53. The van der Waals surface area contributed by atoms with Crippen molar-refractivity contribution in [3.63, 3.8) is 0 Å². The van der Waals surface area contributed by atoms with E-state index in [0.29, 0.717) is 6.04 Å². The van der Waals surface area contributed by atoms with Gasteiger partial charge in [0, 0.05) is 17.8 Å². The van der Waals surface area contributed by atoms with Crippen molar-refractivity contribution in [2.45, 2.75) is 37.8 Å². The molecule has 0 bridgehead atoms. The van der Waals surface area contributed by atoms with E-state index in [-0.39, 0.29) is 0 Å². The summed E-state index contributed by atoms with van der Waals surface area (Å²) in [5.74, 6) is 0. The van der Waals surface area contributed by atoms with Crippen molar-refractivity contribution >= 4 is 5.69 Å². The van der Waals surface area contributed by atoms with Gasteiger partial charge in [-0.25, -0.2) is 0 Å². The van der Waals surface area contributed by atoms with E-state index in [1.807, 2.05) is 6.07 Å². The summed E-state index contributed by atoms with van der Waals surface area (Å²) in [6.07, 6.45) is 5.01. The number of nitrogens with two attached hydrogens (primary N) is 1. The summed E-state index contributed by atoms with van der Waals surface area (Å²) in [6, 6.07) is 7.73. The molecule has 0 aromatic heterocycles. The largest absolute Gasteiger partial charge is 0.398 e. The quantitative estimate of drug-likeness (QED) is 0.690. The number of hydrogen-bond acceptors (Lipinski definition) is 2. The molecule has 3 rings (SSSR count). The van der Waals surface area contributed by atoms with Gasteiger partial charge >= 0.3 is 0 Å². The van der Waals surface area contributed by atoms with E-state index in [9.17, 15) is 0 Å². The van der Waals surface area contributed by atoms with Gasteiger partial charge in [0.25, 0.3) is 0 Å². The van der Waals surface area contributed by atoms with Gasteiger partial charge in [0.15, 0.2) is 0 Å². The van der Waals surface area contributed by atoms with E-state index in [2.05, 4.69) is 17.4 Å². The van der Waals surface area contributed by atoms with Crippen LogP contribution in [0.4, 0.5) is 5.69 Å². The van der Waals surface area contributed by atoms with Crippen LogP contribution in [0.25, 0.3) is 0 Å². The van der Waals surface area contributed by atoms with Gasteiger partial charge in [0.2, 0.25) is 0 Å². The molecule has 3 N–H and O–H groups in total. The highest BCUT2D eigenvalue weighted by Crippen LogP contribution is 2.29. The van der Waals surface area contributed by atoms with Crippen molar-refractivity contribution in [1.29, 1.82) is 0 Å². The van der Waals surface area contributed by atoms with Crippen molar-refractivity contribution in [1.82, 2.24) is 5.32 Å². The van der Waals surface area contributed by atoms with E-state index in [1.54, 1.807) is 0 Å². The van der Waals surface area contributed by atoms with Gasteiger partial charge < -0.3 is 11.1 Å². The van der Waals surface area contributed by atoms with Crippen LogP contribution in [0.15, 0.2) is 18.2 Å². The zero-order valence-corrected chi connectivity index (χ0v) is 8.29. The average Bonchev–Trinajstić information content (AvgIpc) is 2.84. The molecule has 74 valence electrons.